The van der Waals surface area contributed by atoms with Gasteiger partial charge in [-0.15, -0.1) is 0 Å². The van der Waals surface area contributed by atoms with E-state index in [2.05, 4.69) is 26.1 Å². The molecule has 0 unspecified atom stereocenters. The van der Waals surface area contributed by atoms with Gasteiger partial charge in [-0.1, -0.05) is 5.16 Å². The number of aryl methyl sites for hydroxylation is 1. The average Bonchev–Trinajstić information content (AvgIpc) is 3.00. The molecule has 0 aliphatic rings. The maximum absolute atomic E-state index is 5.76. The molecular formula is C13H10BrN3O2. The number of hydrogen-bond donors (Lipinski definition) is 1. The molecule has 2 heterocycles. The minimum absolute atomic E-state index is 0.412. The van der Waals surface area contributed by atoms with Gasteiger partial charge < -0.3 is 14.7 Å². The summed E-state index contributed by atoms with van der Waals surface area (Å²) in [5.74, 6) is 1.66. The Balaban J connectivity index is 2.06. The van der Waals surface area contributed by atoms with Crippen LogP contribution in [0.5, 0.6) is 0 Å². The lowest BCUT2D eigenvalue weighted by Gasteiger charge is -1.99. The third-order valence-corrected chi connectivity index (χ3v) is 3.44. The van der Waals surface area contributed by atoms with E-state index in [1.165, 1.54) is 0 Å². The summed E-state index contributed by atoms with van der Waals surface area (Å²) in [7, 11) is 0. The van der Waals surface area contributed by atoms with Gasteiger partial charge in [-0.2, -0.15) is 4.98 Å². The number of halogens is 1. The predicted octanol–water partition coefficient (Wildman–Crippen LogP) is 3.65. The minimum Gasteiger partial charge on any atom is -0.469 e. The number of nitrogen functional groups attached to an aromatic ring is 1. The first-order valence-corrected chi connectivity index (χ1v) is 6.38. The topological polar surface area (TPSA) is 78.1 Å². The van der Waals surface area contributed by atoms with Crippen molar-refractivity contribution in [2.45, 2.75) is 6.92 Å². The van der Waals surface area contributed by atoms with E-state index in [1.54, 1.807) is 24.5 Å². The van der Waals surface area contributed by atoms with Crippen LogP contribution in [0, 0.1) is 6.92 Å². The zero-order valence-electron chi connectivity index (χ0n) is 10.1. The van der Waals surface area contributed by atoms with Gasteiger partial charge in [-0.3, -0.25) is 0 Å². The lowest BCUT2D eigenvalue weighted by molar-refractivity contribution is 0.432. The quantitative estimate of drug-likeness (QED) is 0.729. The van der Waals surface area contributed by atoms with Crippen LogP contribution in [0.3, 0.4) is 0 Å². The number of benzene rings is 1. The van der Waals surface area contributed by atoms with E-state index in [-0.39, 0.29) is 0 Å². The highest BCUT2D eigenvalue weighted by molar-refractivity contribution is 9.10. The van der Waals surface area contributed by atoms with E-state index in [9.17, 15) is 0 Å². The number of aromatic nitrogens is 2. The van der Waals surface area contributed by atoms with Gasteiger partial charge in [0.05, 0.1) is 17.4 Å². The fourth-order valence-electron chi connectivity index (χ4n) is 1.77. The van der Waals surface area contributed by atoms with Gasteiger partial charge in [0.15, 0.2) is 0 Å². The van der Waals surface area contributed by atoms with Crippen molar-refractivity contribution in [3.63, 3.8) is 0 Å². The van der Waals surface area contributed by atoms with Gasteiger partial charge in [-0.05, 0) is 47.1 Å². The van der Waals surface area contributed by atoms with Gasteiger partial charge in [0.25, 0.3) is 5.89 Å². The molecule has 0 bridgehead atoms. The predicted molar refractivity (Wildman–Crippen MR) is 74.3 cm³/mol. The Morgan fingerprint density at radius 1 is 1.21 bits per heavy atom. The number of anilines is 1. The Morgan fingerprint density at radius 2 is 2.05 bits per heavy atom. The Morgan fingerprint density at radius 3 is 2.79 bits per heavy atom. The first-order valence-electron chi connectivity index (χ1n) is 5.59. The molecule has 0 fully saturated rings. The number of rotatable bonds is 2. The van der Waals surface area contributed by atoms with Gasteiger partial charge in [-0.25, -0.2) is 0 Å². The zero-order valence-corrected chi connectivity index (χ0v) is 11.6. The van der Waals surface area contributed by atoms with Crippen LogP contribution in [0.25, 0.3) is 22.8 Å². The van der Waals surface area contributed by atoms with Gasteiger partial charge >= 0.3 is 0 Å². The van der Waals surface area contributed by atoms with E-state index in [0.29, 0.717) is 17.4 Å². The highest BCUT2D eigenvalue weighted by Gasteiger charge is 2.15. The molecule has 2 aromatic heterocycles. The molecule has 0 amide bonds. The van der Waals surface area contributed by atoms with E-state index in [1.807, 2.05) is 13.0 Å². The summed E-state index contributed by atoms with van der Waals surface area (Å²) < 4.78 is 11.4. The first kappa shape index (κ1) is 12.0. The second kappa shape index (κ2) is 4.55. The zero-order chi connectivity index (χ0) is 13.4. The molecule has 0 saturated heterocycles. The molecular weight excluding hydrogens is 310 g/mol. The smallest absolute Gasteiger partial charge is 0.259 e. The number of hydrogen-bond acceptors (Lipinski definition) is 5. The van der Waals surface area contributed by atoms with Crippen molar-refractivity contribution in [3.05, 3.63) is 40.8 Å². The van der Waals surface area contributed by atoms with Crippen molar-refractivity contribution in [1.29, 1.82) is 0 Å². The third-order valence-electron chi connectivity index (χ3n) is 2.75. The molecule has 5 nitrogen and oxygen atoms in total. The molecule has 0 spiro atoms. The lowest BCUT2D eigenvalue weighted by Crippen LogP contribution is -1.87. The van der Waals surface area contributed by atoms with E-state index >= 15 is 0 Å². The molecule has 1 aromatic carbocycles. The van der Waals surface area contributed by atoms with Gasteiger partial charge in [0.2, 0.25) is 5.82 Å². The Bertz CT molecular complexity index is 733. The van der Waals surface area contributed by atoms with Crippen molar-refractivity contribution in [2.24, 2.45) is 0 Å². The Kier molecular flexibility index (Phi) is 2.87. The standard InChI is InChI=1S/C13H10BrN3O2/c1-7-9(4-5-18-7)12-16-13(19-17-12)10-6-8(15)2-3-11(10)14/h2-6H,15H2,1H3. The summed E-state index contributed by atoms with van der Waals surface area (Å²) >= 11 is 3.44. The van der Waals surface area contributed by atoms with Gasteiger partial charge in [0, 0.05) is 10.2 Å². The molecule has 3 rings (SSSR count). The second-order valence-corrected chi connectivity index (χ2v) is 4.91. The summed E-state index contributed by atoms with van der Waals surface area (Å²) in [6, 6.07) is 7.23. The van der Waals surface area contributed by atoms with Crippen molar-refractivity contribution in [2.75, 3.05) is 5.73 Å². The number of furan rings is 1. The lowest BCUT2D eigenvalue weighted by atomic mass is 10.2. The molecule has 2 N–H and O–H groups in total. The van der Waals surface area contributed by atoms with E-state index in [0.717, 1.165) is 21.4 Å². The molecule has 0 atom stereocenters. The summed E-state index contributed by atoms with van der Waals surface area (Å²) in [5.41, 5.74) is 7.98. The molecule has 3 aromatic rings. The normalized spacial score (nSPS) is 10.8. The van der Waals surface area contributed by atoms with Crippen LogP contribution in [0.1, 0.15) is 5.76 Å². The van der Waals surface area contributed by atoms with Crippen molar-refractivity contribution >= 4 is 21.6 Å². The summed E-state index contributed by atoms with van der Waals surface area (Å²) in [6.45, 7) is 1.85. The SMILES string of the molecule is Cc1occc1-c1noc(-c2cc(N)ccc2Br)n1. The summed E-state index contributed by atoms with van der Waals surface area (Å²) in [5, 5.41) is 3.96. The highest BCUT2D eigenvalue weighted by atomic mass is 79.9. The van der Waals surface area contributed by atoms with Crippen LogP contribution < -0.4 is 5.73 Å². The second-order valence-electron chi connectivity index (χ2n) is 4.05. The summed E-state index contributed by atoms with van der Waals surface area (Å²) in [6.07, 6.45) is 1.59. The fourth-order valence-corrected chi connectivity index (χ4v) is 2.18. The summed E-state index contributed by atoms with van der Waals surface area (Å²) in [4.78, 5) is 4.36. The molecule has 0 saturated carbocycles. The van der Waals surface area contributed by atoms with Crippen LogP contribution >= 0.6 is 15.9 Å². The van der Waals surface area contributed by atoms with Crippen LogP contribution in [0.15, 0.2) is 43.9 Å². The number of nitrogens with zero attached hydrogens (tertiary/aromatic N) is 2. The Hall–Kier alpha value is -2.08. The van der Waals surface area contributed by atoms with Crippen molar-refractivity contribution < 1.29 is 8.94 Å². The maximum Gasteiger partial charge on any atom is 0.259 e. The molecule has 0 aliphatic carbocycles. The van der Waals surface area contributed by atoms with Crippen molar-refractivity contribution in [1.82, 2.24) is 10.1 Å². The number of nitrogens with two attached hydrogens (primary N) is 1. The van der Waals surface area contributed by atoms with Crippen molar-refractivity contribution in [3.8, 4) is 22.8 Å². The third kappa shape index (κ3) is 2.15. The highest BCUT2D eigenvalue weighted by Crippen LogP contribution is 2.31. The fraction of sp³-hybridized carbons (Fsp3) is 0.0769. The molecule has 6 heteroatoms. The van der Waals surface area contributed by atoms with E-state index in [4.69, 9.17) is 14.7 Å². The monoisotopic (exact) mass is 319 g/mol. The van der Waals surface area contributed by atoms with Crippen LogP contribution in [0.2, 0.25) is 0 Å². The first-order chi connectivity index (χ1) is 9.15. The van der Waals surface area contributed by atoms with Crippen LogP contribution in [-0.4, -0.2) is 10.1 Å². The molecule has 19 heavy (non-hydrogen) atoms. The largest absolute Gasteiger partial charge is 0.469 e. The molecule has 96 valence electrons. The maximum atomic E-state index is 5.76. The van der Waals surface area contributed by atoms with E-state index < -0.39 is 0 Å². The van der Waals surface area contributed by atoms with Crippen LogP contribution in [-0.2, 0) is 0 Å². The Labute approximate surface area is 117 Å². The molecule has 0 radical (unpaired) electrons. The minimum atomic E-state index is 0.412. The molecule has 0 aliphatic heterocycles. The average molecular weight is 320 g/mol. The van der Waals surface area contributed by atoms with Crippen LogP contribution in [0.4, 0.5) is 5.69 Å². The van der Waals surface area contributed by atoms with Gasteiger partial charge in [0.1, 0.15) is 5.76 Å².